The lowest BCUT2D eigenvalue weighted by Crippen LogP contribution is -2.47. The third kappa shape index (κ3) is 6.26. The molecular weight excluding hydrogens is 533 g/mol. The largest absolute Gasteiger partial charge is 0.490 e. The first-order valence-corrected chi connectivity index (χ1v) is 12.6. The summed E-state index contributed by atoms with van der Waals surface area (Å²) >= 11 is 2.29. The van der Waals surface area contributed by atoms with E-state index in [9.17, 15) is 9.59 Å². The van der Waals surface area contributed by atoms with Gasteiger partial charge in [-0.3, -0.25) is 0 Å². The number of halogens is 1. The second-order valence-corrected chi connectivity index (χ2v) is 9.95. The van der Waals surface area contributed by atoms with Crippen LogP contribution in [0.25, 0.3) is 0 Å². The highest BCUT2D eigenvalue weighted by Crippen LogP contribution is 2.31. The lowest BCUT2D eigenvalue weighted by molar-refractivity contribution is -0.112. The zero-order valence-corrected chi connectivity index (χ0v) is 21.0. The highest BCUT2D eigenvalue weighted by atomic mass is 127. The molecule has 0 spiro atoms. The van der Waals surface area contributed by atoms with E-state index < -0.39 is 0 Å². The number of nitrogens with zero attached hydrogens (tertiary/aromatic N) is 1. The van der Waals surface area contributed by atoms with Crippen LogP contribution in [0.15, 0.2) is 48.5 Å². The summed E-state index contributed by atoms with van der Waals surface area (Å²) < 4.78 is 18.6. The Morgan fingerprint density at radius 2 is 1.67 bits per heavy atom. The number of rotatable bonds is 7. The number of ether oxygens (including phenoxy) is 3. The number of benzene rings is 2. The fourth-order valence-corrected chi connectivity index (χ4v) is 5.11. The molecule has 176 valence electrons. The third-order valence-corrected chi connectivity index (χ3v) is 7.17. The lowest BCUT2D eigenvalue weighted by atomic mass is 9.93. The van der Waals surface area contributed by atoms with Crippen molar-refractivity contribution in [1.82, 2.24) is 0 Å². The summed E-state index contributed by atoms with van der Waals surface area (Å²) in [5.41, 5.74) is 1.43. The second-order valence-electron chi connectivity index (χ2n) is 8.70. The standard InChI is InChI=1S/C26H30INO5/c1-31-26(30)18-5-9-20(10-6-18)28-14-13-25(15-21(28)17-29)33-24-4-2-3-23(16-24)32-22-11-7-19(27)8-12-22/h5-12,17,21,23-25H,2-4,13-16H2,1H3/t21?,23-,24+,25?/m1/s1. The highest BCUT2D eigenvalue weighted by molar-refractivity contribution is 14.1. The van der Waals surface area contributed by atoms with Crippen LogP contribution >= 0.6 is 22.6 Å². The zero-order chi connectivity index (χ0) is 23.2. The number of anilines is 1. The first-order chi connectivity index (χ1) is 16.1. The van der Waals surface area contributed by atoms with E-state index in [0.717, 1.165) is 56.4 Å². The molecule has 2 aliphatic rings. The molecule has 2 fully saturated rings. The van der Waals surface area contributed by atoms with Crippen molar-refractivity contribution in [3.05, 3.63) is 57.7 Å². The molecule has 0 aromatic heterocycles. The highest BCUT2D eigenvalue weighted by Gasteiger charge is 2.32. The Morgan fingerprint density at radius 1 is 0.970 bits per heavy atom. The van der Waals surface area contributed by atoms with E-state index in [1.807, 2.05) is 24.3 Å². The number of esters is 1. The summed E-state index contributed by atoms with van der Waals surface area (Å²) in [5.74, 6) is 0.547. The first kappa shape index (κ1) is 24.0. The van der Waals surface area contributed by atoms with Crippen LogP contribution in [-0.4, -0.2) is 50.3 Å². The van der Waals surface area contributed by atoms with Gasteiger partial charge in [0.1, 0.15) is 18.1 Å². The average Bonchev–Trinajstić information content (AvgIpc) is 2.85. The van der Waals surface area contributed by atoms with Crippen LogP contribution in [0.2, 0.25) is 0 Å². The number of methoxy groups -OCH3 is 1. The van der Waals surface area contributed by atoms with E-state index in [4.69, 9.17) is 14.2 Å². The zero-order valence-electron chi connectivity index (χ0n) is 18.8. The SMILES string of the molecule is COC(=O)c1ccc(N2CCC(O[C@H]3CCC[C@@H](Oc4ccc(I)cc4)C3)CC2C=O)cc1. The van der Waals surface area contributed by atoms with Crippen LogP contribution in [0, 0.1) is 3.57 Å². The Morgan fingerprint density at radius 3 is 2.36 bits per heavy atom. The Kier molecular flexibility index (Phi) is 8.25. The molecule has 1 aliphatic heterocycles. The van der Waals surface area contributed by atoms with Gasteiger partial charge in [0.2, 0.25) is 0 Å². The van der Waals surface area contributed by atoms with Gasteiger partial charge in [0.05, 0.1) is 30.9 Å². The molecule has 4 atom stereocenters. The van der Waals surface area contributed by atoms with Gasteiger partial charge in [-0.05, 0) is 96.8 Å². The Hall–Kier alpha value is -2.13. The second kappa shape index (κ2) is 11.3. The average molecular weight is 563 g/mol. The van der Waals surface area contributed by atoms with Gasteiger partial charge in [-0.1, -0.05) is 0 Å². The molecule has 2 aromatic carbocycles. The fraction of sp³-hybridized carbons (Fsp3) is 0.462. The quantitative estimate of drug-likeness (QED) is 0.268. The van der Waals surface area contributed by atoms with Crippen molar-refractivity contribution in [2.45, 2.75) is 62.9 Å². The summed E-state index contributed by atoms with van der Waals surface area (Å²) in [4.78, 5) is 25.7. The Bertz CT molecular complexity index is 933. The molecule has 1 saturated carbocycles. The van der Waals surface area contributed by atoms with E-state index in [0.29, 0.717) is 12.0 Å². The van der Waals surface area contributed by atoms with Gasteiger partial charge < -0.3 is 23.9 Å². The number of aldehydes is 1. The maximum absolute atomic E-state index is 11.9. The van der Waals surface area contributed by atoms with Crippen molar-refractivity contribution in [3.8, 4) is 5.75 Å². The van der Waals surface area contributed by atoms with Crippen molar-refractivity contribution in [2.24, 2.45) is 0 Å². The van der Waals surface area contributed by atoms with Gasteiger partial charge in [-0.2, -0.15) is 0 Å². The molecule has 1 aliphatic carbocycles. The molecule has 0 amide bonds. The molecule has 2 aromatic rings. The topological polar surface area (TPSA) is 65.1 Å². The predicted molar refractivity (Wildman–Crippen MR) is 135 cm³/mol. The van der Waals surface area contributed by atoms with E-state index in [1.54, 1.807) is 12.1 Å². The molecule has 1 heterocycles. The summed E-state index contributed by atoms with van der Waals surface area (Å²) in [7, 11) is 1.37. The minimum atomic E-state index is -0.364. The third-order valence-electron chi connectivity index (χ3n) is 6.45. The van der Waals surface area contributed by atoms with E-state index in [2.05, 4.69) is 39.6 Å². The molecular formula is C26H30INO5. The maximum Gasteiger partial charge on any atom is 0.337 e. The normalized spacial score (nSPS) is 25.3. The monoisotopic (exact) mass is 563 g/mol. The summed E-state index contributed by atoms with van der Waals surface area (Å²) in [6.07, 6.45) is 6.98. The predicted octanol–water partition coefficient (Wildman–Crippen LogP) is 5.02. The van der Waals surface area contributed by atoms with E-state index in [1.165, 1.54) is 10.7 Å². The van der Waals surface area contributed by atoms with Crippen molar-refractivity contribution in [2.75, 3.05) is 18.6 Å². The molecule has 0 bridgehead atoms. The molecule has 33 heavy (non-hydrogen) atoms. The number of carbonyl (C=O) groups is 2. The van der Waals surface area contributed by atoms with Crippen molar-refractivity contribution < 1.29 is 23.8 Å². The van der Waals surface area contributed by atoms with Gasteiger partial charge in [-0.25, -0.2) is 4.79 Å². The van der Waals surface area contributed by atoms with Crippen LogP contribution in [0.4, 0.5) is 5.69 Å². The Balaban J connectivity index is 1.31. The fourth-order valence-electron chi connectivity index (χ4n) is 4.75. The minimum absolute atomic E-state index is 0.0628. The number of hydrogen-bond donors (Lipinski definition) is 0. The summed E-state index contributed by atoms with van der Waals surface area (Å²) in [6, 6.07) is 15.1. The summed E-state index contributed by atoms with van der Waals surface area (Å²) in [5, 5.41) is 0. The van der Waals surface area contributed by atoms with Gasteiger partial charge in [0.25, 0.3) is 0 Å². The van der Waals surface area contributed by atoms with Crippen LogP contribution in [-0.2, 0) is 14.3 Å². The number of carbonyl (C=O) groups excluding carboxylic acids is 2. The van der Waals surface area contributed by atoms with Crippen molar-refractivity contribution >= 4 is 40.5 Å². The maximum atomic E-state index is 11.9. The number of hydrogen-bond acceptors (Lipinski definition) is 6. The van der Waals surface area contributed by atoms with E-state index >= 15 is 0 Å². The minimum Gasteiger partial charge on any atom is -0.490 e. The van der Waals surface area contributed by atoms with Crippen LogP contribution in [0.3, 0.4) is 0 Å². The van der Waals surface area contributed by atoms with Gasteiger partial charge >= 0.3 is 5.97 Å². The molecule has 7 heteroatoms. The molecule has 0 radical (unpaired) electrons. The van der Waals surface area contributed by atoms with Crippen molar-refractivity contribution in [3.63, 3.8) is 0 Å². The van der Waals surface area contributed by atoms with Crippen LogP contribution < -0.4 is 9.64 Å². The van der Waals surface area contributed by atoms with Crippen LogP contribution in [0.5, 0.6) is 5.75 Å². The number of piperidine rings is 1. The molecule has 1 saturated heterocycles. The molecule has 4 rings (SSSR count). The van der Waals surface area contributed by atoms with Gasteiger partial charge in [-0.15, -0.1) is 0 Å². The van der Waals surface area contributed by atoms with E-state index in [-0.39, 0.29) is 30.3 Å². The van der Waals surface area contributed by atoms with Gasteiger partial charge in [0.15, 0.2) is 0 Å². The smallest absolute Gasteiger partial charge is 0.337 e. The Labute approximate surface area is 208 Å². The summed E-state index contributed by atoms with van der Waals surface area (Å²) in [6.45, 7) is 0.737. The molecule has 6 nitrogen and oxygen atoms in total. The lowest BCUT2D eigenvalue weighted by Gasteiger charge is -2.40. The van der Waals surface area contributed by atoms with Crippen LogP contribution in [0.1, 0.15) is 48.9 Å². The first-order valence-electron chi connectivity index (χ1n) is 11.5. The van der Waals surface area contributed by atoms with Crippen molar-refractivity contribution in [1.29, 1.82) is 0 Å². The molecule has 2 unspecified atom stereocenters. The molecule has 0 N–H and O–H groups in total. The van der Waals surface area contributed by atoms with Gasteiger partial charge in [0, 0.05) is 28.6 Å².